The molecular formula is C21H24ClO6P. The lowest BCUT2D eigenvalue weighted by Crippen LogP contribution is -2.06. The van der Waals surface area contributed by atoms with E-state index in [1.54, 1.807) is 55.5 Å². The van der Waals surface area contributed by atoms with Crippen LogP contribution in [-0.4, -0.2) is 18.4 Å². The van der Waals surface area contributed by atoms with Gasteiger partial charge in [0.15, 0.2) is 0 Å². The van der Waals surface area contributed by atoms with Gasteiger partial charge in [-0.15, -0.1) is 0 Å². The number of hydrogen-bond donors (Lipinski definition) is 0. The van der Waals surface area contributed by atoms with E-state index in [0.717, 1.165) is 0 Å². The Kier molecular flexibility index (Phi) is 8.74. The lowest BCUT2D eigenvalue weighted by molar-refractivity contribution is -0.143. The number of rotatable bonds is 11. The van der Waals surface area contributed by atoms with E-state index in [9.17, 15) is 14.2 Å². The molecule has 0 radical (unpaired) electrons. The molecule has 2 aromatic rings. The Morgan fingerprint density at radius 3 is 1.86 bits per heavy atom. The van der Waals surface area contributed by atoms with Gasteiger partial charge >= 0.3 is 12.9 Å². The molecule has 1 unspecified atom stereocenters. The maximum atomic E-state index is 12.8. The Hall–Kier alpha value is -2.30. The first-order valence-electron chi connectivity index (χ1n) is 9.30. The summed E-state index contributed by atoms with van der Waals surface area (Å²) < 4.78 is 28.7. The summed E-state index contributed by atoms with van der Waals surface area (Å²) >= 11 is 6.08. The molecule has 156 valence electrons. The molecule has 2 aromatic carbocycles. The highest BCUT2D eigenvalue weighted by molar-refractivity contribution is 7.82. The number of para-hydroxylation sites is 2. The lowest BCUT2D eigenvalue weighted by Gasteiger charge is -2.18. The van der Waals surface area contributed by atoms with Crippen LogP contribution in [0.15, 0.2) is 48.5 Å². The number of Topliss-reactive ketones (excluding diaryl/α,β-unsaturated/α-hetero) is 1. The van der Waals surface area contributed by atoms with Crippen molar-refractivity contribution in [2.24, 2.45) is 0 Å². The first-order valence-corrected chi connectivity index (χ1v) is 11.7. The standard InChI is InChI=1S/C21H24ClO6P/c1-3-26-21(24)15-14-18-9-5-7-11-20(18)28-29(22,25)27-19-10-6-4-8-17(19)13-12-16(2)23/h4-11H,3,12-15H2,1-2H3. The predicted octanol–water partition coefficient (Wildman–Crippen LogP) is 5.51. The third kappa shape index (κ3) is 7.92. The van der Waals surface area contributed by atoms with Crippen LogP contribution in [0.3, 0.4) is 0 Å². The number of ether oxygens (including phenoxy) is 1. The number of esters is 1. The van der Waals surface area contributed by atoms with Crippen LogP contribution in [0.25, 0.3) is 0 Å². The number of aryl methyl sites for hydroxylation is 2. The van der Waals surface area contributed by atoms with Crippen LogP contribution < -0.4 is 9.05 Å². The minimum absolute atomic E-state index is 0.0423. The number of carbonyl (C=O) groups is 2. The SMILES string of the molecule is CCOC(=O)CCc1ccccc1OP(=O)(Cl)Oc1ccccc1CCC(C)=O. The van der Waals surface area contributed by atoms with Gasteiger partial charge in [-0.1, -0.05) is 36.4 Å². The Morgan fingerprint density at radius 1 is 0.897 bits per heavy atom. The highest BCUT2D eigenvalue weighted by Gasteiger charge is 2.27. The van der Waals surface area contributed by atoms with Gasteiger partial charge in [0, 0.05) is 24.1 Å². The fraction of sp³-hybridized carbons (Fsp3) is 0.333. The Balaban J connectivity index is 2.11. The van der Waals surface area contributed by atoms with Gasteiger partial charge in [-0.05, 0) is 49.9 Å². The van der Waals surface area contributed by atoms with Crippen molar-refractivity contribution in [3.63, 3.8) is 0 Å². The molecule has 0 N–H and O–H groups in total. The van der Waals surface area contributed by atoms with E-state index in [4.69, 9.17) is 25.0 Å². The molecule has 0 heterocycles. The van der Waals surface area contributed by atoms with E-state index in [2.05, 4.69) is 0 Å². The van der Waals surface area contributed by atoms with Crippen LogP contribution in [0.5, 0.6) is 11.5 Å². The van der Waals surface area contributed by atoms with E-state index in [0.29, 0.717) is 42.7 Å². The summed E-state index contributed by atoms with van der Waals surface area (Å²) in [6.07, 6.45) is 1.29. The summed E-state index contributed by atoms with van der Waals surface area (Å²) in [4.78, 5) is 22.9. The molecule has 6 nitrogen and oxygen atoms in total. The van der Waals surface area contributed by atoms with Crippen molar-refractivity contribution in [1.82, 2.24) is 0 Å². The van der Waals surface area contributed by atoms with E-state index in [-0.39, 0.29) is 23.9 Å². The van der Waals surface area contributed by atoms with Crippen molar-refractivity contribution in [3.05, 3.63) is 59.7 Å². The summed E-state index contributed by atoms with van der Waals surface area (Å²) in [5.41, 5.74) is 1.37. The molecule has 0 amide bonds. The van der Waals surface area contributed by atoms with Gasteiger partial charge in [-0.25, -0.2) is 4.57 Å². The molecule has 29 heavy (non-hydrogen) atoms. The maximum absolute atomic E-state index is 12.8. The summed E-state index contributed by atoms with van der Waals surface area (Å²) in [6, 6.07) is 13.8. The molecule has 0 saturated carbocycles. The second kappa shape index (κ2) is 11.0. The van der Waals surface area contributed by atoms with E-state index in [1.807, 2.05) is 0 Å². The summed E-state index contributed by atoms with van der Waals surface area (Å²) in [6.45, 7) is -0.470. The second-order valence-corrected chi connectivity index (χ2v) is 8.80. The maximum Gasteiger partial charge on any atom is 0.530 e. The van der Waals surface area contributed by atoms with Crippen LogP contribution in [0.4, 0.5) is 0 Å². The summed E-state index contributed by atoms with van der Waals surface area (Å²) in [7, 11) is 0. The molecule has 8 heteroatoms. The van der Waals surface area contributed by atoms with Crippen LogP contribution in [0.1, 0.15) is 37.8 Å². The van der Waals surface area contributed by atoms with Crippen LogP contribution in [-0.2, 0) is 31.7 Å². The first kappa shape index (κ1) is 23.0. The van der Waals surface area contributed by atoms with E-state index >= 15 is 0 Å². The number of carbonyl (C=O) groups excluding carboxylic acids is 2. The van der Waals surface area contributed by atoms with Crippen molar-refractivity contribution in [1.29, 1.82) is 0 Å². The zero-order valence-electron chi connectivity index (χ0n) is 16.4. The molecule has 2 rings (SSSR count). The molecule has 0 bridgehead atoms. The third-order valence-electron chi connectivity index (χ3n) is 4.01. The minimum Gasteiger partial charge on any atom is -0.466 e. The molecule has 0 aliphatic rings. The Labute approximate surface area is 175 Å². The fourth-order valence-corrected chi connectivity index (χ4v) is 3.94. The van der Waals surface area contributed by atoms with Gasteiger partial charge in [0.2, 0.25) is 0 Å². The number of ketones is 1. The summed E-state index contributed by atoms with van der Waals surface area (Å²) in [5, 5.41) is 0. The molecule has 0 aliphatic carbocycles. The number of benzene rings is 2. The van der Waals surface area contributed by atoms with Gasteiger partial charge < -0.3 is 18.6 Å². The summed E-state index contributed by atoms with van der Waals surface area (Å²) in [5.74, 6) is 0.292. The monoisotopic (exact) mass is 438 g/mol. The van der Waals surface area contributed by atoms with Crippen molar-refractivity contribution in [3.8, 4) is 11.5 Å². The fourth-order valence-electron chi connectivity index (χ4n) is 2.63. The van der Waals surface area contributed by atoms with Crippen molar-refractivity contribution in [2.75, 3.05) is 6.61 Å². The average Bonchev–Trinajstić information content (AvgIpc) is 2.66. The molecular weight excluding hydrogens is 415 g/mol. The molecule has 1 atom stereocenters. The minimum atomic E-state index is -4.03. The van der Waals surface area contributed by atoms with Crippen molar-refractivity contribution >= 4 is 29.9 Å². The quantitative estimate of drug-likeness (QED) is 0.340. The van der Waals surface area contributed by atoms with Crippen LogP contribution in [0, 0.1) is 0 Å². The largest absolute Gasteiger partial charge is 0.530 e. The van der Waals surface area contributed by atoms with Gasteiger partial charge in [0.05, 0.1) is 6.61 Å². The Bertz CT molecular complexity index is 898. The zero-order valence-corrected chi connectivity index (χ0v) is 18.1. The van der Waals surface area contributed by atoms with Gasteiger partial charge in [-0.2, -0.15) is 0 Å². The lowest BCUT2D eigenvalue weighted by atomic mass is 10.1. The number of halogens is 1. The highest BCUT2D eigenvalue weighted by atomic mass is 35.7. The molecule has 0 fully saturated rings. The van der Waals surface area contributed by atoms with Gasteiger partial charge in [-0.3, -0.25) is 4.79 Å². The highest BCUT2D eigenvalue weighted by Crippen LogP contribution is 2.54. The molecule has 0 saturated heterocycles. The topological polar surface area (TPSA) is 78.9 Å². The smallest absolute Gasteiger partial charge is 0.466 e. The van der Waals surface area contributed by atoms with E-state index in [1.165, 1.54) is 6.92 Å². The van der Waals surface area contributed by atoms with Gasteiger partial charge in [0.1, 0.15) is 17.3 Å². The number of hydrogen-bond acceptors (Lipinski definition) is 6. The van der Waals surface area contributed by atoms with E-state index < -0.39 is 6.95 Å². The Morgan fingerprint density at radius 2 is 1.38 bits per heavy atom. The third-order valence-corrected chi connectivity index (χ3v) is 5.25. The van der Waals surface area contributed by atoms with Crippen LogP contribution >= 0.6 is 18.2 Å². The predicted molar refractivity (Wildman–Crippen MR) is 112 cm³/mol. The van der Waals surface area contributed by atoms with Gasteiger partial charge in [0.25, 0.3) is 0 Å². The average molecular weight is 439 g/mol. The van der Waals surface area contributed by atoms with Crippen molar-refractivity contribution in [2.45, 2.75) is 39.5 Å². The second-order valence-electron chi connectivity index (χ2n) is 6.34. The zero-order chi connectivity index (χ0) is 21.3. The van der Waals surface area contributed by atoms with Crippen LogP contribution in [0.2, 0.25) is 0 Å². The molecule has 0 aromatic heterocycles. The normalized spacial score (nSPS) is 12.7. The molecule has 0 aliphatic heterocycles. The molecule has 0 spiro atoms. The van der Waals surface area contributed by atoms with Crippen molar-refractivity contribution < 1.29 is 27.9 Å². The first-order chi connectivity index (χ1) is 13.8.